The summed E-state index contributed by atoms with van der Waals surface area (Å²) in [7, 11) is 0. The highest BCUT2D eigenvalue weighted by atomic mass is 35.5. The maximum Gasteiger partial charge on any atom is 0.166 e. The van der Waals surface area contributed by atoms with Crippen molar-refractivity contribution >= 4 is 29.0 Å². The normalized spacial score (nSPS) is 26.0. The first kappa shape index (κ1) is 21.2. The number of fused-ring (bicyclic) bond motifs is 1. The highest BCUT2D eigenvalue weighted by molar-refractivity contribution is 6.36. The van der Waals surface area contributed by atoms with E-state index in [2.05, 4.69) is 16.8 Å². The van der Waals surface area contributed by atoms with E-state index >= 15 is 0 Å². The summed E-state index contributed by atoms with van der Waals surface area (Å²) in [5.41, 5.74) is 6.83. The van der Waals surface area contributed by atoms with E-state index in [1.165, 1.54) is 18.3 Å². The maximum atomic E-state index is 13.8. The fourth-order valence-electron chi connectivity index (χ4n) is 3.56. The fourth-order valence-corrected chi connectivity index (χ4v) is 4.24. The molecule has 4 unspecified atom stereocenters. The summed E-state index contributed by atoms with van der Waals surface area (Å²) in [6.07, 6.45) is -0.357. The van der Waals surface area contributed by atoms with Gasteiger partial charge in [-0.2, -0.15) is 0 Å². The lowest BCUT2D eigenvalue weighted by Gasteiger charge is -2.19. The number of nitrogens with two attached hydrogens (primary N) is 1. The van der Waals surface area contributed by atoms with Crippen molar-refractivity contribution in [1.29, 1.82) is 0 Å². The number of hydrogen-bond donors (Lipinski definition) is 2. The lowest BCUT2D eigenvalue weighted by molar-refractivity contribution is 0.0179. The van der Waals surface area contributed by atoms with Crippen molar-refractivity contribution in [2.75, 3.05) is 18.9 Å². The van der Waals surface area contributed by atoms with E-state index in [9.17, 15) is 9.50 Å². The third kappa shape index (κ3) is 4.07. The van der Waals surface area contributed by atoms with E-state index in [0.29, 0.717) is 17.7 Å². The zero-order chi connectivity index (χ0) is 21.4. The number of pyridine rings is 1. The van der Waals surface area contributed by atoms with E-state index in [4.69, 9.17) is 43.1 Å². The summed E-state index contributed by atoms with van der Waals surface area (Å²) in [5.74, 6) is 5.82. The maximum absolute atomic E-state index is 13.8. The van der Waals surface area contributed by atoms with Crippen molar-refractivity contribution in [2.45, 2.75) is 31.3 Å². The smallest absolute Gasteiger partial charge is 0.166 e. The van der Waals surface area contributed by atoms with Gasteiger partial charge in [-0.3, -0.25) is 0 Å². The Kier molecular flexibility index (Phi) is 6.05. The number of benzene rings is 1. The van der Waals surface area contributed by atoms with Crippen LogP contribution in [0, 0.1) is 23.6 Å². The first-order valence-corrected chi connectivity index (χ1v) is 10.1. The van der Waals surface area contributed by atoms with Crippen LogP contribution < -0.4 is 10.5 Å². The highest BCUT2D eigenvalue weighted by Crippen LogP contribution is 2.36. The summed E-state index contributed by atoms with van der Waals surface area (Å²) < 4.78 is 30.8. The first-order chi connectivity index (χ1) is 14.3. The zero-order valence-electron chi connectivity index (χ0n) is 15.9. The Bertz CT molecular complexity index is 1030. The van der Waals surface area contributed by atoms with Crippen molar-refractivity contribution in [3.63, 3.8) is 0 Å². The number of aromatic nitrogens is 1. The van der Waals surface area contributed by atoms with Crippen molar-refractivity contribution < 1.29 is 23.7 Å². The number of aliphatic hydroxyl groups excluding tert-OH is 1. The van der Waals surface area contributed by atoms with E-state index in [0.717, 1.165) is 0 Å². The van der Waals surface area contributed by atoms with Gasteiger partial charge in [0.25, 0.3) is 0 Å². The van der Waals surface area contributed by atoms with Crippen LogP contribution in [0.3, 0.4) is 0 Å². The number of aliphatic hydroxyl groups is 1. The summed E-state index contributed by atoms with van der Waals surface area (Å²) in [6, 6.07) is 4.25. The molecule has 0 aliphatic carbocycles. The van der Waals surface area contributed by atoms with Crippen LogP contribution in [0.25, 0.3) is 0 Å². The van der Waals surface area contributed by atoms with Crippen LogP contribution in [-0.4, -0.2) is 41.6 Å². The molecule has 2 aromatic rings. The Labute approximate surface area is 183 Å². The summed E-state index contributed by atoms with van der Waals surface area (Å²) in [5, 5.41) is 10.0. The summed E-state index contributed by atoms with van der Waals surface area (Å²) in [4.78, 5) is 4.12. The van der Waals surface area contributed by atoms with Gasteiger partial charge in [-0.05, 0) is 19.1 Å². The molecule has 3 N–H and O–H groups in total. The Hall–Kier alpha value is -2.08. The molecule has 0 saturated carbocycles. The van der Waals surface area contributed by atoms with Gasteiger partial charge >= 0.3 is 0 Å². The average molecular weight is 453 g/mol. The van der Waals surface area contributed by atoms with Gasteiger partial charge < -0.3 is 25.1 Å². The van der Waals surface area contributed by atoms with Gasteiger partial charge in [0.2, 0.25) is 0 Å². The minimum Gasteiger partial charge on any atom is -0.482 e. The van der Waals surface area contributed by atoms with Crippen LogP contribution in [0.2, 0.25) is 10.0 Å². The van der Waals surface area contributed by atoms with Crippen molar-refractivity contribution in [2.24, 2.45) is 5.92 Å². The van der Waals surface area contributed by atoms with Crippen LogP contribution in [0.15, 0.2) is 24.4 Å². The molecule has 4 rings (SSSR count). The molecule has 9 heteroatoms. The second-order valence-corrected chi connectivity index (χ2v) is 7.95. The van der Waals surface area contributed by atoms with E-state index in [1.54, 1.807) is 13.0 Å². The van der Waals surface area contributed by atoms with Crippen molar-refractivity contribution in [3.8, 4) is 17.6 Å². The van der Waals surface area contributed by atoms with Crippen LogP contribution in [0.5, 0.6) is 5.75 Å². The van der Waals surface area contributed by atoms with E-state index in [1.807, 2.05) is 0 Å². The highest BCUT2D eigenvalue weighted by Gasteiger charge is 2.46. The van der Waals surface area contributed by atoms with Gasteiger partial charge in [-0.15, -0.1) is 0 Å². The van der Waals surface area contributed by atoms with Crippen molar-refractivity contribution in [1.82, 2.24) is 4.98 Å². The number of anilines is 1. The monoisotopic (exact) mass is 452 g/mol. The van der Waals surface area contributed by atoms with E-state index in [-0.39, 0.29) is 46.3 Å². The Morgan fingerprint density at radius 2 is 2.07 bits per heavy atom. The minimum atomic E-state index is -0.676. The molecule has 0 spiro atoms. The SMILES string of the molecule is C[C@@H](Oc1cc(C#CC2COC3C(O)COC23)cnc1N)c1c(Cl)ccc(F)c1Cl. The predicted octanol–water partition coefficient (Wildman–Crippen LogP) is 3.38. The molecular weight excluding hydrogens is 434 g/mol. The fraction of sp³-hybridized carbons (Fsp3) is 0.381. The predicted molar refractivity (Wildman–Crippen MR) is 110 cm³/mol. The molecule has 2 fully saturated rings. The Balaban J connectivity index is 1.53. The molecule has 0 amide bonds. The third-order valence-electron chi connectivity index (χ3n) is 5.10. The molecule has 2 aliphatic heterocycles. The third-order valence-corrected chi connectivity index (χ3v) is 5.81. The topological polar surface area (TPSA) is 86.8 Å². The second-order valence-electron chi connectivity index (χ2n) is 7.16. The number of nitrogen functional groups attached to an aromatic ring is 1. The Morgan fingerprint density at radius 3 is 2.87 bits per heavy atom. The minimum absolute atomic E-state index is 0.105. The molecule has 3 heterocycles. The molecule has 0 radical (unpaired) electrons. The van der Waals surface area contributed by atoms with Crippen LogP contribution in [0.1, 0.15) is 24.2 Å². The number of rotatable bonds is 3. The molecule has 5 atom stereocenters. The summed E-state index contributed by atoms with van der Waals surface area (Å²) in [6.45, 7) is 2.32. The van der Waals surface area contributed by atoms with Gasteiger partial charge in [0.05, 0.1) is 24.2 Å². The second kappa shape index (κ2) is 8.58. The average Bonchev–Trinajstić information content (AvgIpc) is 3.29. The van der Waals surface area contributed by atoms with Crippen molar-refractivity contribution in [3.05, 3.63) is 51.4 Å². The molecule has 1 aromatic heterocycles. The molecule has 0 bridgehead atoms. The number of nitrogens with zero attached hydrogens (tertiary/aromatic N) is 1. The molecular formula is C21H19Cl2FN2O4. The standard InChI is InChI=1S/C21H19Cl2FN2O4/c1-10(17-13(22)4-5-14(24)18(17)23)30-16-6-11(7-26-21(16)25)2-3-12-8-28-20-15(27)9-29-19(12)20/h4-7,10,12,15,19-20,27H,8-9H2,1H3,(H2,25,26)/t10-,12?,15?,19?,20?/m1/s1. The first-order valence-electron chi connectivity index (χ1n) is 9.33. The zero-order valence-corrected chi connectivity index (χ0v) is 17.5. The van der Waals surface area contributed by atoms with Crippen LogP contribution in [0.4, 0.5) is 10.2 Å². The van der Waals surface area contributed by atoms with Crippen LogP contribution in [-0.2, 0) is 9.47 Å². The van der Waals surface area contributed by atoms with Gasteiger partial charge in [0.15, 0.2) is 11.6 Å². The van der Waals surface area contributed by atoms with Crippen LogP contribution >= 0.6 is 23.2 Å². The lowest BCUT2D eigenvalue weighted by Crippen LogP contribution is -2.28. The molecule has 158 valence electrons. The quantitative estimate of drug-likeness (QED) is 0.548. The molecule has 2 aliphatic rings. The molecule has 2 saturated heterocycles. The van der Waals surface area contributed by atoms with Gasteiger partial charge in [0, 0.05) is 28.4 Å². The Morgan fingerprint density at radius 1 is 1.30 bits per heavy atom. The molecule has 1 aromatic carbocycles. The molecule has 6 nitrogen and oxygen atoms in total. The van der Waals surface area contributed by atoms with Gasteiger partial charge in [-0.25, -0.2) is 9.37 Å². The number of halogens is 3. The van der Waals surface area contributed by atoms with E-state index < -0.39 is 18.0 Å². The van der Waals surface area contributed by atoms with Gasteiger partial charge in [0.1, 0.15) is 30.2 Å². The van der Waals surface area contributed by atoms with Gasteiger partial charge in [-0.1, -0.05) is 35.0 Å². The summed E-state index contributed by atoms with van der Waals surface area (Å²) >= 11 is 12.2. The largest absolute Gasteiger partial charge is 0.482 e. The molecule has 30 heavy (non-hydrogen) atoms. The number of hydrogen-bond acceptors (Lipinski definition) is 6. The lowest BCUT2D eigenvalue weighted by atomic mass is 10.0. The number of ether oxygens (including phenoxy) is 3.